The summed E-state index contributed by atoms with van der Waals surface area (Å²) in [5, 5.41) is 0. The molecule has 0 N–H and O–H groups in total. The van der Waals surface area contributed by atoms with Crippen LogP contribution in [0.3, 0.4) is 0 Å². The average molecular weight is 287 g/mol. The minimum Gasteiger partial charge on any atom is -0.338 e. The van der Waals surface area contributed by atoms with Crippen molar-refractivity contribution in [2.45, 2.75) is 53.4 Å². The predicted octanol–water partition coefficient (Wildman–Crippen LogP) is 4.49. The first-order valence-electron chi connectivity index (χ1n) is 7.99. The Morgan fingerprint density at radius 3 is 2.05 bits per heavy atom. The second-order valence-corrected chi connectivity index (χ2v) is 8.43. The highest BCUT2D eigenvalue weighted by molar-refractivity contribution is 5.94. The van der Waals surface area contributed by atoms with E-state index in [9.17, 15) is 4.79 Å². The minimum atomic E-state index is 0.132. The molecule has 0 spiro atoms. The van der Waals surface area contributed by atoms with Crippen molar-refractivity contribution >= 4 is 5.91 Å². The predicted molar refractivity (Wildman–Crippen MR) is 88.6 cm³/mol. The standard InChI is InChI=1S/C19H29NO/c1-18(2,3)15-9-7-14(8-10-15)17(21)20-12-11-16(13-20)19(4,5)6/h7-10,16H,11-13H2,1-6H3. The van der Waals surface area contributed by atoms with Gasteiger partial charge in [0, 0.05) is 18.7 Å². The number of amides is 1. The van der Waals surface area contributed by atoms with Gasteiger partial charge in [0.15, 0.2) is 0 Å². The van der Waals surface area contributed by atoms with Gasteiger partial charge in [0.05, 0.1) is 0 Å². The van der Waals surface area contributed by atoms with Crippen LogP contribution >= 0.6 is 0 Å². The molecule has 2 nitrogen and oxygen atoms in total. The lowest BCUT2D eigenvalue weighted by atomic mass is 9.80. The van der Waals surface area contributed by atoms with Crippen LogP contribution in [0.2, 0.25) is 0 Å². The highest BCUT2D eigenvalue weighted by atomic mass is 16.2. The summed E-state index contributed by atoms with van der Waals surface area (Å²) >= 11 is 0. The number of likely N-dealkylation sites (tertiary alicyclic amines) is 1. The molecular weight excluding hydrogens is 258 g/mol. The summed E-state index contributed by atoms with van der Waals surface area (Å²) in [5.41, 5.74) is 2.50. The van der Waals surface area contributed by atoms with Gasteiger partial charge in [0.2, 0.25) is 0 Å². The van der Waals surface area contributed by atoms with E-state index in [4.69, 9.17) is 0 Å². The molecule has 1 aromatic carbocycles. The summed E-state index contributed by atoms with van der Waals surface area (Å²) in [6.07, 6.45) is 1.12. The van der Waals surface area contributed by atoms with E-state index in [0.717, 1.165) is 25.1 Å². The van der Waals surface area contributed by atoms with E-state index >= 15 is 0 Å². The van der Waals surface area contributed by atoms with Crippen molar-refractivity contribution in [1.82, 2.24) is 4.90 Å². The van der Waals surface area contributed by atoms with E-state index in [2.05, 4.69) is 53.7 Å². The van der Waals surface area contributed by atoms with Gasteiger partial charge in [-0.25, -0.2) is 0 Å². The molecule has 1 unspecified atom stereocenters. The minimum absolute atomic E-state index is 0.132. The molecule has 1 aliphatic heterocycles. The third-order valence-electron chi connectivity index (χ3n) is 4.70. The van der Waals surface area contributed by atoms with Crippen LogP contribution in [0.5, 0.6) is 0 Å². The Morgan fingerprint density at radius 2 is 1.62 bits per heavy atom. The molecule has 0 radical (unpaired) electrons. The molecule has 1 heterocycles. The number of rotatable bonds is 1. The van der Waals surface area contributed by atoms with Gasteiger partial charge in [-0.2, -0.15) is 0 Å². The fourth-order valence-corrected chi connectivity index (χ4v) is 2.95. The van der Waals surface area contributed by atoms with Crippen LogP contribution in [0.1, 0.15) is 63.9 Å². The molecule has 2 rings (SSSR count). The van der Waals surface area contributed by atoms with Crippen molar-refractivity contribution in [2.24, 2.45) is 11.3 Å². The largest absolute Gasteiger partial charge is 0.338 e. The first-order valence-corrected chi connectivity index (χ1v) is 7.99. The monoisotopic (exact) mass is 287 g/mol. The molecular formula is C19H29NO. The summed E-state index contributed by atoms with van der Waals surface area (Å²) < 4.78 is 0. The van der Waals surface area contributed by atoms with Crippen LogP contribution in [0, 0.1) is 11.3 Å². The lowest BCUT2D eigenvalue weighted by Gasteiger charge is -2.27. The summed E-state index contributed by atoms with van der Waals surface area (Å²) in [6, 6.07) is 8.13. The smallest absolute Gasteiger partial charge is 0.253 e. The van der Waals surface area contributed by atoms with Crippen LogP contribution in [0.25, 0.3) is 0 Å². The molecule has 1 saturated heterocycles. The van der Waals surface area contributed by atoms with Crippen molar-refractivity contribution in [3.8, 4) is 0 Å². The molecule has 116 valence electrons. The molecule has 1 atom stereocenters. The normalized spacial score (nSPS) is 19.9. The van der Waals surface area contributed by atoms with E-state index in [-0.39, 0.29) is 16.7 Å². The van der Waals surface area contributed by atoms with Crippen LogP contribution in [-0.4, -0.2) is 23.9 Å². The van der Waals surface area contributed by atoms with Gasteiger partial charge in [-0.05, 0) is 40.9 Å². The lowest BCUT2D eigenvalue weighted by Crippen LogP contribution is -2.31. The van der Waals surface area contributed by atoms with Gasteiger partial charge >= 0.3 is 0 Å². The number of benzene rings is 1. The van der Waals surface area contributed by atoms with Crippen molar-refractivity contribution in [3.63, 3.8) is 0 Å². The molecule has 2 heteroatoms. The Balaban J connectivity index is 2.08. The molecule has 1 aromatic rings. The Morgan fingerprint density at radius 1 is 1.05 bits per heavy atom. The summed E-state index contributed by atoms with van der Waals surface area (Å²) in [7, 11) is 0. The van der Waals surface area contributed by atoms with Crippen molar-refractivity contribution in [3.05, 3.63) is 35.4 Å². The van der Waals surface area contributed by atoms with Gasteiger partial charge in [0.1, 0.15) is 0 Å². The first-order chi connectivity index (χ1) is 9.59. The molecule has 0 aromatic heterocycles. The van der Waals surface area contributed by atoms with Gasteiger partial charge in [-0.1, -0.05) is 53.7 Å². The van der Waals surface area contributed by atoms with E-state index in [1.807, 2.05) is 17.0 Å². The summed E-state index contributed by atoms with van der Waals surface area (Å²) in [5.74, 6) is 0.789. The van der Waals surface area contributed by atoms with E-state index < -0.39 is 0 Å². The van der Waals surface area contributed by atoms with E-state index in [1.165, 1.54) is 5.56 Å². The highest BCUT2D eigenvalue weighted by Gasteiger charge is 2.34. The Kier molecular flexibility index (Phi) is 4.19. The van der Waals surface area contributed by atoms with Gasteiger partial charge in [0.25, 0.3) is 5.91 Å². The molecule has 0 aliphatic carbocycles. The van der Waals surface area contributed by atoms with Crippen LogP contribution in [-0.2, 0) is 5.41 Å². The zero-order chi connectivity index (χ0) is 15.8. The summed E-state index contributed by atoms with van der Waals surface area (Å²) in [4.78, 5) is 14.6. The maximum absolute atomic E-state index is 12.6. The maximum Gasteiger partial charge on any atom is 0.253 e. The van der Waals surface area contributed by atoms with Crippen molar-refractivity contribution in [1.29, 1.82) is 0 Å². The SMILES string of the molecule is CC(C)(C)c1ccc(C(=O)N2CCC(C(C)(C)C)C2)cc1. The average Bonchev–Trinajstić information content (AvgIpc) is 2.86. The number of hydrogen-bond donors (Lipinski definition) is 0. The number of hydrogen-bond acceptors (Lipinski definition) is 1. The molecule has 21 heavy (non-hydrogen) atoms. The van der Waals surface area contributed by atoms with E-state index in [0.29, 0.717) is 5.92 Å². The second kappa shape index (κ2) is 5.47. The first kappa shape index (κ1) is 16.1. The lowest BCUT2D eigenvalue weighted by molar-refractivity contribution is 0.0776. The molecule has 1 fully saturated rings. The maximum atomic E-state index is 12.6. The molecule has 1 amide bonds. The molecule has 0 bridgehead atoms. The quantitative estimate of drug-likeness (QED) is 0.745. The number of carbonyl (C=O) groups excluding carboxylic acids is 1. The Hall–Kier alpha value is -1.31. The fraction of sp³-hybridized carbons (Fsp3) is 0.632. The van der Waals surface area contributed by atoms with Crippen molar-refractivity contribution < 1.29 is 4.79 Å². The zero-order valence-corrected chi connectivity index (χ0v) is 14.4. The topological polar surface area (TPSA) is 20.3 Å². The van der Waals surface area contributed by atoms with E-state index in [1.54, 1.807) is 0 Å². The Labute approximate surface area is 129 Å². The Bertz CT molecular complexity index is 502. The number of carbonyl (C=O) groups is 1. The van der Waals surface area contributed by atoms with Crippen LogP contribution < -0.4 is 0 Å². The molecule has 0 saturated carbocycles. The van der Waals surface area contributed by atoms with Crippen LogP contribution in [0.4, 0.5) is 0 Å². The third kappa shape index (κ3) is 3.66. The highest BCUT2D eigenvalue weighted by Crippen LogP contribution is 2.34. The summed E-state index contributed by atoms with van der Waals surface area (Å²) in [6.45, 7) is 15.2. The molecule has 1 aliphatic rings. The van der Waals surface area contributed by atoms with Crippen molar-refractivity contribution in [2.75, 3.05) is 13.1 Å². The van der Waals surface area contributed by atoms with Gasteiger partial charge in [-0.15, -0.1) is 0 Å². The second-order valence-electron chi connectivity index (χ2n) is 8.43. The van der Waals surface area contributed by atoms with Crippen LogP contribution in [0.15, 0.2) is 24.3 Å². The fourth-order valence-electron chi connectivity index (χ4n) is 2.95. The third-order valence-corrected chi connectivity index (χ3v) is 4.70. The zero-order valence-electron chi connectivity index (χ0n) is 14.4. The van der Waals surface area contributed by atoms with Gasteiger partial charge in [-0.3, -0.25) is 4.79 Å². The van der Waals surface area contributed by atoms with Gasteiger partial charge < -0.3 is 4.90 Å². The number of nitrogens with zero attached hydrogens (tertiary/aromatic N) is 1.